The van der Waals surface area contributed by atoms with Crippen molar-refractivity contribution in [2.24, 2.45) is 0 Å². The Labute approximate surface area is 82.1 Å². The van der Waals surface area contributed by atoms with Gasteiger partial charge in [0.15, 0.2) is 15.6 Å². The molecule has 0 fully saturated rings. The van der Waals surface area contributed by atoms with Crippen molar-refractivity contribution in [1.82, 2.24) is 0 Å². The molecule has 0 saturated heterocycles. The first-order valence-electron chi connectivity index (χ1n) is 3.93. The quantitative estimate of drug-likeness (QED) is 0.809. The van der Waals surface area contributed by atoms with Gasteiger partial charge in [-0.25, -0.2) is 8.42 Å². The molecule has 0 saturated carbocycles. The van der Waals surface area contributed by atoms with E-state index in [1.807, 2.05) is 0 Å². The lowest BCUT2D eigenvalue weighted by molar-refractivity contribution is -0.134. The molecule has 76 valence electrons. The van der Waals surface area contributed by atoms with E-state index in [2.05, 4.69) is 0 Å². The van der Waals surface area contributed by atoms with Crippen molar-refractivity contribution in [3.63, 3.8) is 0 Å². The van der Waals surface area contributed by atoms with E-state index in [0.29, 0.717) is 5.56 Å². The fraction of sp³-hybridized carbons (Fsp3) is 0.222. The predicted molar refractivity (Wildman–Crippen MR) is 50.9 cm³/mol. The van der Waals surface area contributed by atoms with Crippen LogP contribution in [0.2, 0.25) is 0 Å². The minimum absolute atomic E-state index is 0.0856. The van der Waals surface area contributed by atoms with E-state index in [9.17, 15) is 13.2 Å². The van der Waals surface area contributed by atoms with Crippen molar-refractivity contribution < 1.29 is 18.3 Å². The molecule has 1 rings (SSSR count). The molecule has 0 unspecified atom stereocenters. The maximum atomic E-state index is 11.5. The minimum atomic E-state index is -3.69. The summed E-state index contributed by atoms with van der Waals surface area (Å²) in [5, 5.41) is 8.42. The average molecular weight is 214 g/mol. The van der Waals surface area contributed by atoms with Crippen LogP contribution in [0.1, 0.15) is 5.56 Å². The summed E-state index contributed by atoms with van der Waals surface area (Å²) in [4.78, 5) is 10.4. The largest absolute Gasteiger partial charge is 0.480 e. The molecule has 0 aliphatic heterocycles. The van der Waals surface area contributed by atoms with Gasteiger partial charge in [0.25, 0.3) is 0 Å². The van der Waals surface area contributed by atoms with Gasteiger partial charge in [-0.3, -0.25) is 4.79 Å². The van der Waals surface area contributed by atoms with Crippen molar-refractivity contribution in [3.05, 3.63) is 29.8 Å². The molecule has 0 heterocycles. The molecular formula is C9H10O4S. The third-order valence-electron chi connectivity index (χ3n) is 1.74. The second-order valence-corrected chi connectivity index (χ2v) is 4.88. The molecule has 1 aromatic carbocycles. The summed E-state index contributed by atoms with van der Waals surface area (Å²) < 4.78 is 23.0. The van der Waals surface area contributed by atoms with Crippen molar-refractivity contribution >= 4 is 15.8 Å². The Morgan fingerprint density at radius 3 is 2.43 bits per heavy atom. The van der Waals surface area contributed by atoms with Gasteiger partial charge in [-0.2, -0.15) is 0 Å². The fourth-order valence-corrected chi connectivity index (χ4v) is 2.47. The Bertz CT molecular complexity index is 448. The summed E-state index contributed by atoms with van der Waals surface area (Å²) in [6.45, 7) is 1.63. The lowest BCUT2D eigenvalue weighted by Gasteiger charge is -2.04. The first-order chi connectivity index (χ1) is 6.43. The molecule has 0 amide bonds. The molecule has 0 bridgehead atoms. The highest BCUT2D eigenvalue weighted by Gasteiger charge is 2.19. The summed E-state index contributed by atoms with van der Waals surface area (Å²) in [6, 6.07) is 6.32. The van der Waals surface area contributed by atoms with Gasteiger partial charge >= 0.3 is 5.97 Å². The van der Waals surface area contributed by atoms with Crippen LogP contribution in [-0.4, -0.2) is 25.2 Å². The number of hydrogen-bond donors (Lipinski definition) is 1. The Balaban J connectivity index is 3.17. The third-order valence-corrected chi connectivity index (χ3v) is 3.50. The number of rotatable bonds is 3. The van der Waals surface area contributed by atoms with Gasteiger partial charge in [0.05, 0.1) is 4.90 Å². The topological polar surface area (TPSA) is 71.4 Å². The number of carboxylic acid groups (broad SMARTS) is 1. The minimum Gasteiger partial charge on any atom is -0.480 e. The van der Waals surface area contributed by atoms with Crippen molar-refractivity contribution in [2.75, 3.05) is 5.75 Å². The molecule has 5 heteroatoms. The van der Waals surface area contributed by atoms with E-state index in [0.717, 1.165) is 0 Å². The number of carbonyl (C=O) groups is 1. The summed E-state index contributed by atoms with van der Waals surface area (Å²) in [7, 11) is -3.69. The number of sulfone groups is 1. The zero-order chi connectivity index (χ0) is 10.8. The average Bonchev–Trinajstić information content (AvgIpc) is 2.02. The van der Waals surface area contributed by atoms with Gasteiger partial charge in [0.2, 0.25) is 0 Å². The molecule has 4 nitrogen and oxygen atoms in total. The van der Waals surface area contributed by atoms with E-state index >= 15 is 0 Å². The van der Waals surface area contributed by atoms with Gasteiger partial charge in [0, 0.05) is 0 Å². The van der Waals surface area contributed by atoms with E-state index in [4.69, 9.17) is 5.11 Å². The number of hydrogen-bond acceptors (Lipinski definition) is 3. The molecule has 1 aromatic rings. The first kappa shape index (κ1) is 10.7. The first-order valence-corrected chi connectivity index (χ1v) is 5.59. The Kier molecular flexibility index (Phi) is 2.90. The van der Waals surface area contributed by atoms with Crippen LogP contribution in [0, 0.1) is 6.92 Å². The van der Waals surface area contributed by atoms with Crippen molar-refractivity contribution in [1.29, 1.82) is 0 Å². The number of aliphatic carboxylic acids is 1. The van der Waals surface area contributed by atoms with E-state index < -0.39 is 21.6 Å². The van der Waals surface area contributed by atoms with E-state index in [1.54, 1.807) is 25.1 Å². The monoisotopic (exact) mass is 214 g/mol. The number of aryl methyl sites for hydroxylation is 1. The smallest absolute Gasteiger partial charge is 0.319 e. The second-order valence-electron chi connectivity index (χ2n) is 2.92. The molecule has 0 aromatic heterocycles. The number of carboxylic acids is 1. The zero-order valence-corrected chi connectivity index (χ0v) is 8.41. The predicted octanol–water partition coefficient (Wildman–Crippen LogP) is 0.853. The fourth-order valence-electron chi connectivity index (χ4n) is 1.15. The van der Waals surface area contributed by atoms with Crippen LogP contribution < -0.4 is 0 Å². The molecule has 1 N–H and O–H groups in total. The summed E-state index contributed by atoms with van der Waals surface area (Å²) in [5.41, 5.74) is 0.564. The second kappa shape index (κ2) is 3.79. The highest BCUT2D eigenvalue weighted by molar-refractivity contribution is 7.92. The van der Waals surface area contributed by atoms with Crippen LogP contribution in [0.4, 0.5) is 0 Å². The van der Waals surface area contributed by atoms with Gasteiger partial charge in [-0.15, -0.1) is 0 Å². The van der Waals surface area contributed by atoms with Crippen LogP contribution >= 0.6 is 0 Å². The van der Waals surface area contributed by atoms with Gasteiger partial charge < -0.3 is 5.11 Å². The third kappa shape index (κ3) is 2.32. The lowest BCUT2D eigenvalue weighted by atomic mass is 10.2. The van der Waals surface area contributed by atoms with Crippen molar-refractivity contribution in [2.45, 2.75) is 11.8 Å². The normalized spacial score (nSPS) is 11.2. The van der Waals surface area contributed by atoms with Crippen LogP contribution in [0.5, 0.6) is 0 Å². The molecule has 0 aliphatic carbocycles. The number of benzene rings is 1. The van der Waals surface area contributed by atoms with Crippen LogP contribution in [0.25, 0.3) is 0 Å². The van der Waals surface area contributed by atoms with Crippen LogP contribution in [0.3, 0.4) is 0 Å². The zero-order valence-electron chi connectivity index (χ0n) is 7.60. The van der Waals surface area contributed by atoms with E-state index in [-0.39, 0.29) is 4.90 Å². The molecule has 0 spiro atoms. The Morgan fingerprint density at radius 1 is 1.36 bits per heavy atom. The van der Waals surface area contributed by atoms with Gasteiger partial charge in [0.1, 0.15) is 0 Å². The Morgan fingerprint density at radius 2 is 1.93 bits per heavy atom. The van der Waals surface area contributed by atoms with E-state index in [1.165, 1.54) is 6.07 Å². The SMILES string of the molecule is Cc1ccccc1S(=O)(=O)CC(=O)O. The maximum absolute atomic E-state index is 11.5. The van der Waals surface area contributed by atoms with Crippen molar-refractivity contribution in [3.8, 4) is 0 Å². The standard InChI is InChI=1S/C9H10O4S/c1-7-4-2-3-5-8(7)14(12,13)6-9(10)11/h2-5H,6H2,1H3,(H,10,11). The van der Waals surface area contributed by atoms with Gasteiger partial charge in [-0.05, 0) is 18.6 Å². The lowest BCUT2D eigenvalue weighted by Crippen LogP contribution is -2.16. The Hall–Kier alpha value is -1.36. The molecule has 0 radical (unpaired) electrons. The maximum Gasteiger partial charge on any atom is 0.319 e. The summed E-state index contributed by atoms with van der Waals surface area (Å²) >= 11 is 0. The van der Waals surface area contributed by atoms with Crippen LogP contribution in [0.15, 0.2) is 29.2 Å². The molecule has 0 atom stereocenters. The highest BCUT2D eigenvalue weighted by atomic mass is 32.2. The molecular weight excluding hydrogens is 204 g/mol. The van der Waals surface area contributed by atoms with Gasteiger partial charge in [-0.1, -0.05) is 18.2 Å². The highest BCUT2D eigenvalue weighted by Crippen LogP contribution is 2.15. The van der Waals surface area contributed by atoms with Crippen LogP contribution in [-0.2, 0) is 14.6 Å². The summed E-state index contributed by atoms with van der Waals surface area (Å²) in [5.74, 6) is -2.20. The molecule has 0 aliphatic rings. The summed E-state index contributed by atoms with van der Waals surface area (Å²) in [6.07, 6.45) is 0. The molecule has 14 heavy (non-hydrogen) atoms.